The zero-order chi connectivity index (χ0) is 13.8. The number of ether oxygens (including phenoxy) is 1. The number of nitrogens with two attached hydrogens (primary N) is 1. The number of piperidine rings is 1. The minimum atomic E-state index is 0.417. The fourth-order valence-electron chi connectivity index (χ4n) is 2.46. The number of hydrogen-bond acceptors (Lipinski definition) is 3. The number of anilines is 1. The van der Waals surface area contributed by atoms with Gasteiger partial charge >= 0.3 is 0 Å². The molecular formula is C14H20Cl2N2O. The first-order valence-corrected chi connectivity index (χ1v) is 7.43. The van der Waals surface area contributed by atoms with Crippen molar-refractivity contribution in [2.24, 2.45) is 0 Å². The number of nitrogens with zero attached hydrogens (tertiary/aromatic N) is 1. The summed E-state index contributed by atoms with van der Waals surface area (Å²) in [6, 6.07) is 3.80. The summed E-state index contributed by atoms with van der Waals surface area (Å²) in [6.07, 6.45) is 2.59. The number of nitrogen functional groups attached to an aromatic ring is 1. The van der Waals surface area contributed by atoms with Gasteiger partial charge in [-0.3, -0.25) is 4.90 Å². The maximum Gasteiger partial charge on any atom is 0.0693 e. The van der Waals surface area contributed by atoms with E-state index in [0.29, 0.717) is 21.8 Å². The molecule has 0 atom stereocenters. The van der Waals surface area contributed by atoms with Gasteiger partial charge in [-0.1, -0.05) is 23.2 Å². The van der Waals surface area contributed by atoms with Gasteiger partial charge in [0.2, 0.25) is 0 Å². The van der Waals surface area contributed by atoms with Gasteiger partial charge in [-0.25, -0.2) is 0 Å². The maximum atomic E-state index is 6.05. The first-order valence-electron chi connectivity index (χ1n) is 6.67. The highest BCUT2D eigenvalue weighted by Crippen LogP contribution is 2.29. The Hall–Kier alpha value is -0.480. The fourth-order valence-corrected chi connectivity index (χ4v) is 2.99. The third-order valence-corrected chi connectivity index (χ3v) is 4.11. The molecule has 1 aliphatic heterocycles. The van der Waals surface area contributed by atoms with E-state index in [4.69, 9.17) is 33.7 Å². The molecule has 0 radical (unpaired) electrons. The molecule has 1 fully saturated rings. The predicted molar refractivity (Wildman–Crippen MR) is 80.8 cm³/mol. The van der Waals surface area contributed by atoms with E-state index in [1.54, 1.807) is 0 Å². The van der Waals surface area contributed by atoms with Crippen LogP contribution < -0.4 is 5.73 Å². The Morgan fingerprint density at radius 2 is 1.84 bits per heavy atom. The van der Waals surface area contributed by atoms with E-state index < -0.39 is 0 Å². The van der Waals surface area contributed by atoms with Gasteiger partial charge in [-0.2, -0.15) is 0 Å². The van der Waals surface area contributed by atoms with Crippen LogP contribution in [0, 0.1) is 0 Å². The van der Waals surface area contributed by atoms with Crippen LogP contribution in [-0.2, 0) is 11.3 Å². The van der Waals surface area contributed by atoms with E-state index in [1.807, 2.05) is 19.1 Å². The molecule has 5 heteroatoms. The number of benzene rings is 1. The Labute approximate surface area is 124 Å². The lowest BCUT2D eigenvalue weighted by Crippen LogP contribution is -2.36. The zero-order valence-corrected chi connectivity index (χ0v) is 12.7. The molecule has 2 rings (SSSR count). The van der Waals surface area contributed by atoms with Crippen LogP contribution in [0.25, 0.3) is 0 Å². The molecular weight excluding hydrogens is 283 g/mol. The second kappa shape index (κ2) is 6.80. The highest BCUT2D eigenvalue weighted by atomic mass is 35.5. The molecule has 0 aliphatic carbocycles. The van der Waals surface area contributed by atoms with Gasteiger partial charge in [-0.05, 0) is 37.5 Å². The van der Waals surface area contributed by atoms with Crippen molar-refractivity contribution in [3.05, 3.63) is 27.7 Å². The van der Waals surface area contributed by atoms with E-state index in [9.17, 15) is 0 Å². The Morgan fingerprint density at radius 3 is 2.37 bits per heavy atom. The smallest absolute Gasteiger partial charge is 0.0693 e. The van der Waals surface area contributed by atoms with Gasteiger partial charge in [-0.15, -0.1) is 0 Å². The van der Waals surface area contributed by atoms with E-state index in [0.717, 1.165) is 44.6 Å². The van der Waals surface area contributed by atoms with Gasteiger partial charge in [0, 0.05) is 26.2 Å². The van der Waals surface area contributed by atoms with Crippen LogP contribution in [0.5, 0.6) is 0 Å². The summed E-state index contributed by atoms with van der Waals surface area (Å²) in [7, 11) is 0. The lowest BCUT2D eigenvalue weighted by molar-refractivity contribution is 0.0125. The summed E-state index contributed by atoms with van der Waals surface area (Å²) >= 11 is 12.1. The molecule has 0 saturated carbocycles. The van der Waals surface area contributed by atoms with Crippen LogP contribution >= 0.6 is 23.2 Å². The normalized spacial score (nSPS) is 17.8. The molecule has 2 N–H and O–H groups in total. The van der Waals surface area contributed by atoms with Crippen molar-refractivity contribution in [2.75, 3.05) is 25.4 Å². The highest BCUT2D eigenvalue weighted by molar-refractivity contribution is 6.38. The summed E-state index contributed by atoms with van der Waals surface area (Å²) in [5.74, 6) is 0. The Balaban J connectivity index is 1.92. The number of hydrogen-bond donors (Lipinski definition) is 1. The molecule has 1 saturated heterocycles. The number of halogens is 2. The quantitative estimate of drug-likeness (QED) is 0.864. The average Bonchev–Trinajstić information content (AvgIpc) is 2.38. The molecule has 106 valence electrons. The number of rotatable bonds is 4. The van der Waals surface area contributed by atoms with Crippen molar-refractivity contribution in [2.45, 2.75) is 32.4 Å². The second-order valence-electron chi connectivity index (χ2n) is 4.90. The lowest BCUT2D eigenvalue weighted by atomic mass is 10.1. The van der Waals surface area contributed by atoms with Crippen molar-refractivity contribution in [3.63, 3.8) is 0 Å². The standard InChI is InChI=1S/C14H20Cl2N2O/c1-2-19-11-3-5-18(6-4-11)9-10-7-12(15)14(17)13(16)8-10/h7-8,11H,2-6,9,17H2,1H3. The maximum absolute atomic E-state index is 6.05. The molecule has 1 aromatic carbocycles. The molecule has 1 aliphatic rings. The first kappa shape index (κ1) is 14.9. The van der Waals surface area contributed by atoms with E-state index in [2.05, 4.69) is 4.90 Å². The van der Waals surface area contributed by atoms with Crippen LogP contribution in [0.4, 0.5) is 5.69 Å². The molecule has 19 heavy (non-hydrogen) atoms. The molecule has 1 heterocycles. The van der Waals surface area contributed by atoms with Gasteiger partial charge < -0.3 is 10.5 Å². The number of likely N-dealkylation sites (tertiary alicyclic amines) is 1. The van der Waals surface area contributed by atoms with Gasteiger partial charge in [0.25, 0.3) is 0 Å². The lowest BCUT2D eigenvalue weighted by Gasteiger charge is -2.31. The summed E-state index contributed by atoms with van der Waals surface area (Å²) < 4.78 is 5.65. The van der Waals surface area contributed by atoms with Crippen molar-refractivity contribution in [3.8, 4) is 0 Å². The van der Waals surface area contributed by atoms with Crippen LogP contribution in [0.1, 0.15) is 25.3 Å². The van der Waals surface area contributed by atoms with Gasteiger partial charge in [0.1, 0.15) is 0 Å². The Kier molecular flexibility index (Phi) is 5.34. The topological polar surface area (TPSA) is 38.5 Å². The zero-order valence-electron chi connectivity index (χ0n) is 11.2. The predicted octanol–water partition coefficient (Wildman–Crippen LogP) is 3.58. The van der Waals surface area contributed by atoms with Crippen LogP contribution in [0.3, 0.4) is 0 Å². The third-order valence-electron chi connectivity index (χ3n) is 3.48. The molecule has 0 unspecified atom stereocenters. The molecule has 0 bridgehead atoms. The summed E-state index contributed by atoms with van der Waals surface area (Å²) in [5, 5.41) is 1.07. The first-order chi connectivity index (χ1) is 9.10. The Bertz CT molecular complexity index is 408. The van der Waals surface area contributed by atoms with Crippen LogP contribution in [-0.4, -0.2) is 30.7 Å². The van der Waals surface area contributed by atoms with Crippen molar-refractivity contribution < 1.29 is 4.74 Å². The molecule has 1 aromatic rings. The fraction of sp³-hybridized carbons (Fsp3) is 0.571. The van der Waals surface area contributed by atoms with E-state index in [1.165, 1.54) is 0 Å². The molecule has 0 amide bonds. The van der Waals surface area contributed by atoms with Crippen LogP contribution in [0.2, 0.25) is 10.0 Å². The SMILES string of the molecule is CCOC1CCN(Cc2cc(Cl)c(N)c(Cl)c2)CC1. The van der Waals surface area contributed by atoms with Crippen molar-refractivity contribution in [1.29, 1.82) is 0 Å². The molecule has 3 nitrogen and oxygen atoms in total. The van der Waals surface area contributed by atoms with Crippen LogP contribution in [0.15, 0.2) is 12.1 Å². The molecule has 0 spiro atoms. The monoisotopic (exact) mass is 302 g/mol. The Morgan fingerprint density at radius 1 is 1.26 bits per heavy atom. The largest absolute Gasteiger partial charge is 0.396 e. The third kappa shape index (κ3) is 3.99. The second-order valence-corrected chi connectivity index (χ2v) is 5.72. The summed E-state index contributed by atoms with van der Waals surface area (Å²) in [6.45, 7) is 5.80. The van der Waals surface area contributed by atoms with Gasteiger partial charge in [0.05, 0.1) is 21.8 Å². The van der Waals surface area contributed by atoms with E-state index >= 15 is 0 Å². The molecule has 0 aromatic heterocycles. The summed E-state index contributed by atoms with van der Waals surface area (Å²) in [5.41, 5.74) is 7.31. The highest BCUT2D eigenvalue weighted by Gasteiger charge is 2.19. The minimum Gasteiger partial charge on any atom is -0.396 e. The van der Waals surface area contributed by atoms with E-state index in [-0.39, 0.29) is 0 Å². The van der Waals surface area contributed by atoms with Crippen molar-refractivity contribution >= 4 is 28.9 Å². The van der Waals surface area contributed by atoms with Crippen molar-refractivity contribution in [1.82, 2.24) is 4.90 Å². The average molecular weight is 303 g/mol. The minimum absolute atomic E-state index is 0.417. The summed E-state index contributed by atoms with van der Waals surface area (Å²) in [4.78, 5) is 2.40. The van der Waals surface area contributed by atoms with Gasteiger partial charge in [0.15, 0.2) is 0 Å².